The zero-order chi connectivity index (χ0) is 20.2. The van der Waals surface area contributed by atoms with Crippen LogP contribution in [0.25, 0.3) is 0 Å². The van der Waals surface area contributed by atoms with Crippen molar-refractivity contribution in [3.63, 3.8) is 0 Å². The van der Waals surface area contributed by atoms with Crippen molar-refractivity contribution in [2.24, 2.45) is 0 Å². The number of hydrogen-bond donors (Lipinski definition) is 3. The van der Waals surface area contributed by atoms with E-state index >= 15 is 0 Å². The van der Waals surface area contributed by atoms with Crippen molar-refractivity contribution in [1.82, 2.24) is 14.5 Å². The van der Waals surface area contributed by atoms with Gasteiger partial charge in [-0.1, -0.05) is 6.07 Å². The molecule has 2 amide bonds. The Kier molecular flexibility index (Phi) is 4.32. The standard InChI is InChI=1S/C20H24N4O4S/c1-29(27,17-9-21-24-10-14(25)11-28-19(17)24)23-20(26)22-18-15-6-2-4-12(15)8-13-5-3-7-16(13)18/h8-9,14,25H,1-7,10-11H2,(H2,22,23,26,27). The molecule has 3 N–H and O–H groups in total. The summed E-state index contributed by atoms with van der Waals surface area (Å²) in [5, 5.41) is 16.7. The quantitative estimate of drug-likeness (QED) is 0.657. The molecule has 1 aromatic carbocycles. The van der Waals surface area contributed by atoms with E-state index < -0.39 is 21.8 Å². The van der Waals surface area contributed by atoms with Gasteiger partial charge in [0.1, 0.15) is 17.6 Å². The summed E-state index contributed by atoms with van der Waals surface area (Å²) in [4.78, 5) is 13.0. The Bertz CT molecular complexity index is 1070. The van der Waals surface area contributed by atoms with Gasteiger partial charge in [-0.2, -0.15) is 5.10 Å². The summed E-state index contributed by atoms with van der Waals surface area (Å²) in [6.07, 6.45) is 6.86. The maximum Gasteiger partial charge on any atom is 0.330 e. The van der Waals surface area contributed by atoms with Gasteiger partial charge in [0, 0.05) is 5.69 Å². The number of nitrogens with one attached hydrogen (secondary N) is 2. The second-order valence-corrected chi connectivity index (χ2v) is 9.92. The molecule has 1 aliphatic heterocycles. The first-order valence-corrected chi connectivity index (χ1v) is 11.6. The first-order chi connectivity index (χ1) is 13.9. The number of fused-ring (bicyclic) bond motifs is 3. The van der Waals surface area contributed by atoms with Crippen LogP contribution in [0.2, 0.25) is 0 Å². The lowest BCUT2D eigenvalue weighted by atomic mass is 9.99. The van der Waals surface area contributed by atoms with Crippen LogP contribution >= 0.6 is 0 Å². The van der Waals surface area contributed by atoms with E-state index in [2.05, 4.69) is 27.1 Å². The average Bonchev–Trinajstić information content (AvgIpc) is 3.39. The Morgan fingerprint density at radius 3 is 2.62 bits per heavy atom. The molecule has 154 valence electrons. The fourth-order valence-electron chi connectivity index (χ4n) is 4.60. The molecule has 2 unspecified atom stereocenters. The number of rotatable bonds is 3. The molecular formula is C20H24N4O4S. The number of aromatic nitrogens is 2. The highest BCUT2D eigenvalue weighted by Crippen LogP contribution is 2.38. The molecule has 0 saturated heterocycles. The fraction of sp³-hybridized carbons (Fsp3) is 0.450. The molecule has 0 saturated carbocycles. The predicted molar refractivity (Wildman–Crippen MR) is 110 cm³/mol. The van der Waals surface area contributed by atoms with Crippen molar-refractivity contribution in [3.8, 4) is 5.88 Å². The van der Waals surface area contributed by atoms with E-state index in [1.807, 2.05) is 0 Å². The lowest BCUT2D eigenvalue weighted by Gasteiger charge is -2.22. The van der Waals surface area contributed by atoms with E-state index in [1.165, 1.54) is 33.1 Å². The van der Waals surface area contributed by atoms with Crippen molar-refractivity contribution in [2.45, 2.75) is 56.1 Å². The number of nitrogens with zero attached hydrogens (tertiary/aromatic N) is 2. The topological polar surface area (TPSA) is 105 Å². The summed E-state index contributed by atoms with van der Waals surface area (Å²) in [6, 6.07) is 1.75. The highest BCUT2D eigenvalue weighted by atomic mass is 32.2. The number of aryl methyl sites for hydroxylation is 2. The van der Waals surface area contributed by atoms with Crippen LogP contribution in [0.1, 0.15) is 35.1 Å². The molecule has 9 heteroatoms. The number of ether oxygens (including phenoxy) is 1. The maximum absolute atomic E-state index is 13.2. The maximum atomic E-state index is 13.2. The van der Waals surface area contributed by atoms with Gasteiger partial charge in [-0.05, 0) is 66.6 Å². The summed E-state index contributed by atoms with van der Waals surface area (Å²) in [5.41, 5.74) is 5.92. The Morgan fingerprint density at radius 2 is 1.93 bits per heavy atom. The van der Waals surface area contributed by atoms with E-state index in [9.17, 15) is 14.1 Å². The van der Waals surface area contributed by atoms with Crippen molar-refractivity contribution in [3.05, 3.63) is 34.5 Å². The summed E-state index contributed by atoms with van der Waals surface area (Å²) >= 11 is 0. The highest BCUT2D eigenvalue weighted by molar-refractivity contribution is 7.99. The van der Waals surface area contributed by atoms with Crippen LogP contribution in [0.5, 0.6) is 5.88 Å². The molecule has 8 nitrogen and oxygen atoms in total. The second kappa shape index (κ2) is 6.77. The van der Waals surface area contributed by atoms with Crippen LogP contribution in [-0.2, 0) is 41.9 Å². The van der Waals surface area contributed by atoms with E-state index in [-0.39, 0.29) is 23.9 Å². The van der Waals surface area contributed by atoms with E-state index in [0.717, 1.165) is 44.2 Å². The number of carbonyl (C=O) groups is 1. The van der Waals surface area contributed by atoms with Crippen molar-refractivity contribution in [2.75, 3.05) is 11.9 Å². The van der Waals surface area contributed by atoms with Crippen LogP contribution in [-0.4, -0.2) is 43.7 Å². The number of urea groups is 1. The van der Waals surface area contributed by atoms with Crippen LogP contribution in [0.4, 0.5) is 10.5 Å². The van der Waals surface area contributed by atoms with Crippen LogP contribution < -0.4 is 14.8 Å². The number of aliphatic hydroxyl groups is 1. The minimum absolute atomic E-state index is 0.0860. The van der Waals surface area contributed by atoms with Gasteiger partial charge in [0.25, 0.3) is 0 Å². The Labute approximate surface area is 169 Å². The summed E-state index contributed by atoms with van der Waals surface area (Å²) in [7, 11) is -3.18. The molecule has 0 bridgehead atoms. The number of benzene rings is 1. The average molecular weight is 417 g/mol. The molecule has 0 radical (unpaired) electrons. The van der Waals surface area contributed by atoms with Gasteiger partial charge in [-0.25, -0.2) is 13.7 Å². The van der Waals surface area contributed by atoms with Gasteiger partial charge in [-0.3, -0.25) is 4.72 Å². The van der Waals surface area contributed by atoms with Gasteiger partial charge < -0.3 is 15.2 Å². The number of amides is 2. The molecule has 0 fully saturated rings. The molecular weight excluding hydrogens is 392 g/mol. The van der Waals surface area contributed by atoms with E-state index in [1.54, 1.807) is 0 Å². The van der Waals surface area contributed by atoms with Crippen molar-refractivity contribution < 1.29 is 18.8 Å². The van der Waals surface area contributed by atoms with Gasteiger partial charge in [0.05, 0.1) is 22.4 Å². The Balaban J connectivity index is 1.40. The van der Waals surface area contributed by atoms with Crippen LogP contribution in [0, 0.1) is 0 Å². The van der Waals surface area contributed by atoms with Gasteiger partial charge in [0.15, 0.2) is 0 Å². The third-order valence-electron chi connectivity index (χ3n) is 5.88. The Morgan fingerprint density at radius 1 is 1.24 bits per heavy atom. The molecule has 3 aliphatic rings. The highest BCUT2D eigenvalue weighted by Gasteiger charge is 2.28. The normalized spacial score (nSPS) is 21.5. The van der Waals surface area contributed by atoms with Gasteiger partial charge in [-0.15, -0.1) is 0 Å². The first kappa shape index (κ1) is 18.5. The first-order valence-electron chi connectivity index (χ1n) is 9.91. The van der Waals surface area contributed by atoms with Gasteiger partial charge in [0.2, 0.25) is 5.88 Å². The van der Waals surface area contributed by atoms with Crippen molar-refractivity contribution >= 4 is 27.3 Å². The summed E-state index contributed by atoms with van der Waals surface area (Å²) in [6.45, 7) is 0.335. The minimum Gasteiger partial charge on any atom is -0.474 e. The molecule has 2 aliphatic carbocycles. The molecule has 1 aromatic heterocycles. The molecule has 5 rings (SSSR count). The number of anilines is 1. The van der Waals surface area contributed by atoms with Gasteiger partial charge >= 0.3 is 6.03 Å². The van der Waals surface area contributed by atoms with Crippen molar-refractivity contribution in [1.29, 1.82) is 0 Å². The second-order valence-electron chi connectivity index (χ2n) is 7.93. The zero-order valence-electron chi connectivity index (χ0n) is 16.1. The largest absolute Gasteiger partial charge is 0.474 e. The van der Waals surface area contributed by atoms with E-state index in [0.29, 0.717) is 0 Å². The van der Waals surface area contributed by atoms with E-state index in [4.69, 9.17) is 4.74 Å². The summed E-state index contributed by atoms with van der Waals surface area (Å²) in [5.74, 6) is 4.00. The molecule has 2 heterocycles. The SMILES string of the molecule is C=S(=O)(NC(=O)Nc1c2c(cc3c1CCC3)CCC2)c1cnn2c1OCC(O)C2. The molecule has 2 atom stereocenters. The fourth-order valence-corrected chi connectivity index (χ4v) is 5.72. The lowest BCUT2D eigenvalue weighted by Crippen LogP contribution is -2.36. The molecule has 29 heavy (non-hydrogen) atoms. The third-order valence-corrected chi connectivity index (χ3v) is 7.39. The minimum atomic E-state index is -3.18. The summed E-state index contributed by atoms with van der Waals surface area (Å²) < 4.78 is 22.6. The molecule has 0 spiro atoms. The number of carbonyl (C=O) groups excluding carboxylic acids is 1. The number of aliphatic hydroxyl groups excluding tert-OH is 1. The lowest BCUT2D eigenvalue weighted by molar-refractivity contribution is 0.0538. The Hall–Kier alpha value is -2.52. The zero-order valence-corrected chi connectivity index (χ0v) is 16.9. The molecule has 2 aromatic rings. The predicted octanol–water partition coefficient (Wildman–Crippen LogP) is 1.43. The van der Waals surface area contributed by atoms with Crippen LogP contribution in [0.3, 0.4) is 0 Å². The number of hydrogen-bond acceptors (Lipinski definition) is 5. The van der Waals surface area contributed by atoms with Crippen LogP contribution in [0.15, 0.2) is 17.2 Å². The smallest absolute Gasteiger partial charge is 0.330 e. The monoisotopic (exact) mass is 416 g/mol. The third kappa shape index (κ3) is 3.18.